The first-order chi connectivity index (χ1) is 18.4. The molecule has 0 saturated heterocycles. The first-order valence-corrected chi connectivity index (χ1v) is 13.8. The van der Waals surface area contributed by atoms with Crippen LogP contribution in [0.5, 0.6) is 0 Å². The van der Waals surface area contributed by atoms with E-state index in [1.165, 1.54) is 11.1 Å². The van der Waals surface area contributed by atoms with Crippen LogP contribution < -0.4 is 0 Å². The maximum Gasteiger partial charge on any atom is 0.316 e. The van der Waals surface area contributed by atoms with Crippen molar-refractivity contribution in [1.82, 2.24) is 5.16 Å². The summed E-state index contributed by atoms with van der Waals surface area (Å²) < 4.78 is 11.1. The van der Waals surface area contributed by atoms with Gasteiger partial charge in [0.25, 0.3) is 0 Å². The van der Waals surface area contributed by atoms with Gasteiger partial charge in [-0.3, -0.25) is 4.79 Å². The Morgan fingerprint density at radius 1 is 0.921 bits per heavy atom. The normalized spacial score (nSPS) is 15.6. The predicted octanol–water partition coefficient (Wildman–Crippen LogP) is 8.28. The Kier molecular flexibility index (Phi) is 7.51. The van der Waals surface area contributed by atoms with Gasteiger partial charge in [-0.2, -0.15) is 0 Å². The number of aryl methyl sites for hydroxylation is 1. The van der Waals surface area contributed by atoms with Crippen LogP contribution in [-0.2, 0) is 21.4 Å². The minimum Gasteiger partial charge on any atom is -0.465 e. The molecule has 0 amide bonds. The number of benzene rings is 3. The molecule has 1 aliphatic rings. The Morgan fingerprint density at radius 2 is 1.53 bits per heavy atom. The smallest absolute Gasteiger partial charge is 0.316 e. The summed E-state index contributed by atoms with van der Waals surface area (Å²) in [5.41, 5.74) is 7.46. The average Bonchev–Trinajstić information content (AvgIpc) is 3.68. The van der Waals surface area contributed by atoms with Crippen molar-refractivity contribution in [3.05, 3.63) is 101 Å². The van der Waals surface area contributed by atoms with Crippen LogP contribution in [0.4, 0.5) is 0 Å². The van der Waals surface area contributed by atoms with Crippen molar-refractivity contribution in [3.63, 3.8) is 0 Å². The lowest BCUT2D eigenvalue weighted by atomic mass is 9.87. The van der Waals surface area contributed by atoms with Crippen molar-refractivity contribution in [1.29, 1.82) is 0 Å². The summed E-state index contributed by atoms with van der Waals surface area (Å²) in [7, 11) is 0. The standard InChI is InChI=1S/C34H37NO3/c1-5-37-33(36)34(19-20-34)30-17-15-28(16-18-30)27-11-13-29(14-12-27)32-31(25(4)35-38-32)22-23(2)21-24(3)26-9-7-6-8-10-26/h6-18,23-24H,5,19-22H2,1-4H3. The first-order valence-electron chi connectivity index (χ1n) is 13.8. The molecule has 2 atom stereocenters. The van der Waals surface area contributed by atoms with Crippen molar-refractivity contribution in [2.45, 2.75) is 64.7 Å². The van der Waals surface area contributed by atoms with Gasteiger partial charge >= 0.3 is 5.97 Å². The topological polar surface area (TPSA) is 52.3 Å². The van der Waals surface area contributed by atoms with Crippen LogP contribution in [0.15, 0.2) is 83.4 Å². The SMILES string of the molecule is CCOC(=O)C1(c2ccc(-c3ccc(-c4onc(C)c4CC(C)CC(C)c4ccccc4)cc3)cc2)CC1. The zero-order chi connectivity index (χ0) is 26.7. The number of aromatic nitrogens is 1. The lowest BCUT2D eigenvalue weighted by Crippen LogP contribution is -2.23. The molecule has 4 aromatic rings. The second kappa shape index (κ2) is 11.0. The molecule has 0 bridgehead atoms. The fraction of sp³-hybridized carbons (Fsp3) is 0.353. The predicted molar refractivity (Wildman–Crippen MR) is 152 cm³/mol. The van der Waals surface area contributed by atoms with Gasteiger partial charge in [-0.1, -0.05) is 97.9 Å². The van der Waals surface area contributed by atoms with Crippen molar-refractivity contribution in [2.75, 3.05) is 6.61 Å². The number of hydrogen-bond donors (Lipinski definition) is 0. The fourth-order valence-corrected chi connectivity index (χ4v) is 5.61. The van der Waals surface area contributed by atoms with E-state index in [-0.39, 0.29) is 5.97 Å². The quantitative estimate of drug-likeness (QED) is 0.203. The summed E-state index contributed by atoms with van der Waals surface area (Å²) in [4.78, 5) is 12.4. The molecule has 0 radical (unpaired) electrons. The maximum absolute atomic E-state index is 12.4. The summed E-state index contributed by atoms with van der Waals surface area (Å²) >= 11 is 0. The second-order valence-electron chi connectivity index (χ2n) is 10.9. The van der Waals surface area contributed by atoms with Crippen LogP contribution in [0, 0.1) is 12.8 Å². The van der Waals surface area contributed by atoms with Crippen molar-refractivity contribution in [3.8, 4) is 22.5 Å². The molecule has 3 aromatic carbocycles. The highest BCUT2D eigenvalue weighted by molar-refractivity contribution is 5.87. The number of esters is 1. The van der Waals surface area contributed by atoms with Crippen LogP contribution in [0.3, 0.4) is 0 Å². The van der Waals surface area contributed by atoms with Crippen molar-refractivity contribution >= 4 is 5.97 Å². The van der Waals surface area contributed by atoms with Crippen molar-refractivity contribution < 1.29 is 14.1 Å². The van der Waals surface area contributed by atoms with E-state index < -0.39 is 5.41 Å². The van der Waals surface area contributed by atoms with Gasteiger partial charge in [0.2, 0.25) is 0 Å². The van der Waals surface area contributed by atoms with Gasteiger partial charge in [0.15, 0.2) is 5.76 Å². The fourth-order valence-electron chi connectivity index (χ4n) is 5.61. The van der Waals surface area contributed by atoms with Crippen LogP contribution in [0.1, 0.15) is 68.3 Å². The number of carbonyl (C=O) groups excluding carboxylic acids is 1. The Hall–Kier alpha value is -3.66. The maximum atomic E-state index is 12.4. The second-order valence-corrected chi connectivity index (χ2v) is 10.9. The molecule has 1 heterocycles. The molecule has 1 aromatic heterocycles. The van der Waals surface area contributed by atoms with Crippen molar-refractivity contribution in [2.24, 2.45) is 5.92 Å². The Balaban J connectivity index is 1.28. The molecule has 0 aliphatic heterocycles. The largest absolute Gasteiger partial charge is 0.465 e. The van der Waals surface area contributed by atoms with E-state index in [2.05, 4.69) is 97.9 Å². The molecule has 0 N–H and O–H groups in total. The van der Waals surface area contributed by atoms with E-state index in [0.29, 0.717) is 18.4 Å². The summed E-state index contributed by atoms with van der Waals surface area (Å²) in [6, 6.07) is 27.6. The minimum atomic E-state index is -0.436. The summed E-state index contributed by atoms with van der Waals surface area (Å²) in [6.45, 7) is 8.94. The van der Waals surface area contributed by atoms with E-state index >= 15 is 0 Å². The third-order valence-corrected chi connectivity index (χ3v) is 8.00. The van der Waals surface area contributed by atoms with Gasteiger partial charge in [0.05, 0.1) is 17.7 Å². The third kappa shape index (κ3) is 5.31. The summed E-state index contributed by atoms with van der Waals surface area (Å²) in [5, 5.41) is 4.32. The van der Waals surface area contributed by atoms with Crippen LogP contribution >= 0.6 is 0 Å². The molecular formula is C34H37NO3. The zero-order valence-corrected chi connectivity index (χ0v) is 22.9. The van der Waals surface area contributed by atoms with Gasteiger partial charge in [-0.15, -0.1) is 0 Å². The molecule has 1 saturated carbocycles. The van der Waals surface area contributed by atoms with Gasteiger partial charge in [-0.25, -0.2) is 0 Å². The molecule has 196 valence electrons. The minimum absolute atomic E-state index is 0.0981. The van der Waals surface area contributed by atoms with Gasteiger partial charge in [-0.05, 0) is 73.6 Å². The Labute approximate surface area is 226 Å². The molecule has 2 unspecified atom stereocenters. The van der Waals surface area contributed by atoms with Gasteiger partial charge in [0.1, 0.15) is 0 Å². The van der Waals surface area contributed by atoms with E-state index in [9.17, 15) is 4.79 Å². The molecular weight excluding hydrogens is 470 g/mol. The average molecular weight is 508 g/mol. The molecule has 4 nitrogen and oxygen atoms in total. The van der Waals surface area contributed by atoms with Crippen LogP contribution in [-0.4, -0.2) is 17.7 Å². The van der Waals surface area contributed by atoms with E-state index in [0.717, 1.165) is 59.4 Å². The zero-order valence-electron chi connectivity index (χ0n) is 22.9. The number of rotatable bonds is 10. The van der Waals surface area contributed by atoms with Crippen LogP contribution in [0.25, 0.3) is 22.5 Å². The van der Waals surface area contributed by atoms with E-state index in [1.807, 2.05) is 13.8 Å². The number of ether oxygens (including phenoxy) is 1. The first kappa shape index (κ1) is 26.0. The lowest BCUT2D eigenvalue weighted by molar-refractivity contribution is -0.146. The Bertz CT molecular complexity index is 1370. The molecule has 1 aliphatic carbocycles. The van der Waals surface area contributed by atoms with E-state index in [4.69, 9.17) is 9.26 Å². The molecule has 5 rings (SSSR count). The van der Waals surface area contributed by atoms with Gasteiger partial charge < -0.3 is 9.26 Å². The number of carbonyl (C=O) groups is 1. The van der Waals surface area contributed by atoms with Crippen LogP contribution in [0.2, 0.25) is 0 Å². The van der Waals surface area contributed by atoms with Gasteiger partial charge in [0, 0.05) is 11.1 Å². The number of hydrogen-bond acceptors (Lipinski definition) is 4. The molecule has 4 heteroatoms. The monoisotopic (exact) mass is 507 g/mol. The molecule has 38 heavy (non-hydrogen) atoms. The van der Waals surface area contributed by atoms with E-state index in [1.54, 1.807) is 0 Å². The lowest BCUT2D eigenvalue weighted by Gasteiger charge is -2.18. The molecule has 0 spiro atoms. The summed E-state index contributed by atoms with van der Waals surface area (Å²) in [5.74, 6) is 1.78. The third-order valence-electron chi connectivity index (χ3n) is 8.00. The Morgan fingerprint density at radius 3 is 2.13 bits per heavy atom. The highest BCUT2D eigenvalue weighted by atomic mass is 16.5. The number of nitrogens with zero attached hydrogens (tertiary/aromatic N) is 1. The summed E-state index contributed by atoms with van der Waals surface area (Å²) in [6.07, 6.45) is 3.78. The highest BCUT2D eigenvalue weighted by Gasteiger charge is 2.52. The molecule has 1 fully saturated rings. The highest BCUT2D eigenvalue weighted by Crippen LogP contribution is 2.49.